The van der Waals surface area contributed by atoms with Crippen LogP contribution in [0.5, 0.6) is 0 Å². The molecule has 0 amide bonds. The Morgan fingerprint density at radius 3 is 2.14 bits per heavy atom. The van der Waals surface area contributed by atoms with Crippen LogP contribution in [-0.2, 0) is 9.15 Å². The van der Waals surface area contributed by atoms with Crippen LogP contribution in [0.15, 0.2) is 0 Å². The molecule has 0 radical (unpaired) electrons. The Labute approximate surface area is 45.6 Å². The zero-order valence-electron chi connectivity index (χ0n) is 3.58. The molecule has 44 valence electrons. The van der Waals surface area contributed by atoms with E-state index in [0.29, 0.717) is 0 Å². The zero-order chi connectivity index (χ0) is 5.91. The molecule has 0 aliphatic heterocycles. The Balaban J connectivity index is 3.60. The molecule has 0 spiro atoms. The molecule has 0 bridgehead atoms. The number of hydrogen-bond donors (Lipinski definition) is 2. The molecule has 0 aromatic rings. The molecule has 0 aromatic heterocycles. The second-order valence-corrected chi connectivity index (χ2v) is 3.91. The Hall–Kier alpha value is 0.220. The van der Waals surface area contributed by atoms with Crippen LogP contribution in [0, 0.1) is 0 Å². The molecule has 4 nitrogen and oxygen atoms in total. The van der Waals surface area contributed by atoms with Crippen molar-refractivity contribution in [2.45, 2.75) is 0 Å². The summed E-state index contributed by atoms with van der Waals surface area (Å²) >= 11 is 0. The molecule has 0 aromatic carbocycles. The topological polar surface area (TPSA) is 66.4 Å². The van der Waals surface area contributed by atoms with Gasteiger partial charge < -0.3 is 0 Å². The first kappa shape index (κ1) is 7.22. The molecular weight excluding hydrogens is 138 g/mol. The van der Waals surface area contributed by atoms with Crippen LogP contribution < -0.4 is 4.72 Å². The third-order valence-corrected chi connectivity index (χ3v) is 1.70. The molecule has 6 heteroatoms. The van der Waals surface area contributed by atoms with Crippen molar-refractivity contribution in [1.82, 2.24) is 4.72 Å². The van der Waals surface area contributed by atoms with Crippen molar-refractivity contribution in [3.8, 4) is 0 Å². The van der Waals surface area contributed by atoms with Crippen molar-refractivity contribution in [3.05, 3.63) is 0 Å². The lowest BCUT2D eigenvalue weighted by Crippen LogP contribution is -1.99. The zero-order valence-corrected chi connectivity index (χ0v) is 5.21. The molecule has 0 rings (SSSR count). The number of rotatable bonds is 2. The maximum Gasteiger partial charge on any atom is 0.334 e. The van der Waals surface area contributed by atoms with Gasteiger partial charge in [-0.15, -0.1) is 0 Å². The van der Waals surface area contributed by atoms with E-state index in [1.54, 1.807) is 0 Å². The SMILES string of the molecule is CNSS(=O)(=O)O. The third kappa shape index (κ3) is 6.22. The lowest BCUT2D eigenvalue weighted by atomic mass is 11.6. The normalized spacial score (nSPS) is 11.7. The van der Waals surface area contributed by atoms with Gasteiger partial charge in [-0.1, -0.05) is 0 Å². The summed E-state index contributed by atoms with van der Waals surface area (Å²) < 4.78 is 29.5. The number of nitrogens with one attached hydrogen (secondary N) is 1. The highest BCUT2D eigenvalue weighted by atomic mass is 33.2. The fourth-order valence-electron chi connectivity index (χ4n) is 0.105. The molecule has 0 aliphatic rings. The highest BCUT2D eigenvalue weighted by Gasteiger charge is 1.99. The summed E-state index contributed by atoms with van der Waals surface area (Å²) in [5.41, 5.74) is 0. The molecule has 0 saturated heterocycles. The van der Waals surface area contributed by atoms with Crippen molar-refractivity contribution >= 4 is 20.1 Å². The fourth-order valence-corrected chi connectivity index (χ4v) is 0.948. The average Bonchev–Trinajstić information content (AvgIpc) is 1.30. The van der Waals surface area contributed by atoms with Crippen LogP contribution in [0.2, 0.25) is 0 Å². The Bertz CT molecular complexity index is 126. The fraction of sp³-hybridized carbons (Fsp3) is 1.00. The van der Waals surface area contributed by atoms with Crippen molar-refractivity contribution in [1.29, 1.82) is 0 Å². The van der Waals surface area contributed by atoms with E-state index in [9.17, 15) is 8.42 Å². The van der Waals surface area contributed by atoms with Gasteiger partial charge in [-0.2, -0.15) is 8.42 Å². The summed E-state index contributed by atoms with van der Waals surface area (Å²) in [6.45, 7) is 0. The first-order valence-corrected chi connectivity index (χ1v) is 4.16. The van der Waals surface area contributed by atoms with Crippen LogP contribution >= 0.6 is 11.0 Å². The lowest BCUT2D eigenvalue weighted by Gasteiger charge is -1.87. The van der Waals surface area contributed by atoms with Gasteiger partial charge in [0, 0.05) is 0 Å². The molecule has 0 unspecified atom stereocenters. The minimum Gasteiger partial charge on any atom is -0.276 e. The summed E-state index contributed by atoms with van der Waals surface area (Å²) in [5.74, 6) is 0. The highest BCUT2D eigenvalue weighted by molar-refractivity contribution is 8.69. The lowest BCUT2D eigenvalue weighted by molar-refractivity contribution is 0.502. The summed E-state index contributed by atoms with van der Waals surface area (Å²) in [5, 5.41) is 0. The van der Waals surface area contributed by atoms with Gasteiger partial charge >= 0.3 is 9.15 Å². The van der Waals surface area contributed by atoms with Crippen molar-refractivity contribution in [2.75, 3.05) is 7.05 Å². The summed E-state index contributed by atoms with van der Waals surface area (Å²) in [6, 6.07) is 0. The molecule has 0 aliphatic carbocycles. The number of hydrogen-bond acceptors (Lipinski definition) is 4. The third-order valence-electron chi connectivity index (χ3n) is 0.189. The highest BCUT2D eigenvalue weighted by Crippen LogP contribution is 1.99. The maximum absolute atomic E-state index is 9.69. The van der Waals surface area contributed by atoms with Gasteiger partial charge in [0.05, 0.1) is 11.0 Å². The van der Waals surface area contributed by atoms with E-state index >= 15 is 0 Å². The van der Waals surface area contributed by atoms with Crippen LogP contribution in [0.25, 0.3) is 0 Å². The van der Waals surface area contributed by atoms with Gasteiger partial charge in [-0.3, -0.25) is 9.27 Å². The van der Waals surface area contributed by atoms with Gasteiger partial charge in [0.2, 0.25) is 0 Å². The largest absolute Gasteiger partial charge is 0.334 e. The first-order valence-electron chi connectivity index (χ1n) is 1.39. The molecule has 0 saturated carbocycles. The smallest absolute Gasteiger partial charge is 0.276 e. The predicted molar refractivity (Wildman–Crippen MR) is 28.2 cm³/mol. The molecule has 0 fully saturated rings. The van der Waals surface area contributed by atoms with Crippen LogP contribution in [0.4, 0.5) is 0 Å². The van der Waals surface area contributed by atoms with Crippen molar-refractivity contribution < 1.29 is 13.0 Å². The molecule has 0 heterocycles. The van der Waals surface area contributed by atoms with E-state index in [0.717, 1.165) is 0 Å². The second-order valence-electron chi connectivity index (χ2n) is 0.715. The molecule has 2 N–H and O–H groups in total. The molecule has 0 atom stereocenters. The van der Waals surface area contributed by atoms with Gasteiger partial charge in [0.15, 0.2) is 0 Å². The van der Waals surface area contributed by atoms with Crippen molar-refractivity contribution in [2.24, 2.45) is 0 Å². The van der Waals surface area contributed by atoms with Crippen LogP contribution in [0.3, 0.4) is 0 Å². The Kier molecular flexibility index (Phi) is 2.59. The average molecular weight is 143 g/mol. The summed E-state index contributed by atoms with van der Waals surface area (Å²) in [7, 11) is -2.20. The van der Waals surface area contributed by atoms with Gasteiger partial charge in [-0.25, -0.2) is 0 Å². The Morgan fingerprint density at radius 2 is 2.14 bits per heavy atom. The predicted octanol–water partition coefficient (Wildman–Crippen LogP) is -0.343. The van der Waals surface area contributed by atoms with E-state index in [4.69, 9.17) is 4.55 Å². The summed E-state index contributed by atoms with van der Waals surface area (Å²) in [6.07, 6.45) is 0. The minimum atomic E-state index is -3.87. The van der Waals surface area contributed by atoms with E-state index in [1.165, 1.54) is 7.05 Å². The van der Waals surface area contributed by atoms with E-state index in [2.05, 4.69) is 4.72 Å². The van der Waals surface area contributed by atoms with E-state index < -0.39 is 9.15 Å². The maximum atomic E-state index is 9.69. The molecular formula is CH5NO3S2. The monoisotopic (exact) mass is 143 g/mol. The first-order chi connectivity index (χ1) is 3.06. The van der Waals surface area contributed by atoms with Crippen LogP contribution in [-0.4, -0.2) is 20.0 Å². The van der Waals surface area contributed by atoms with Gasteiger partial charge in [-0.05, 0) is 7.05 Å². The van der Waals surface area contributed by atoms with E-state index in [1.807, 2.05) is 0 Å². The van der Waals surface area contributed by atoms with Crippen LogP contribution in [0.1, 0.15) is 0 Å². The van der Waals surface area contributed by atoms with E-state index in [-0.39, 0.29) is 11.0 Å². The Morgan fingerprint density at radius 1 is 1.71 bits per heavy atom. The van der Waals surface area contributed by atoms with Crippen molar-refractivity contribution in [3.63, 3.8) is 0 Å². The second kappa shape index (κ2) is 2.51. The minimum absolute atomic E-state index is 0.266. The van der Waals surface area contributed by atoms with Gasteiger partial charge in [0.25, 0.3) is 0 Å². The molecule has 7 heavy (non-hydrogen) atoms. The quantitative estimate of drug-likeness (QED) is 0.314. The van der Waals surface area contributed by atoms with Gasteiger partial charge in [0.1, 0.15) is 0 Å². The summed E-state index contributed by atoms with van der Waals surface area (Å²) in [4.78, 5) is 0. The standard InChI is InChI=1S/CH5NO3S2/c1-2-6-7(3,4)5/h2H,1H3,(H,3,4,5).